The Balaban J connectivity index is 1.91. The summed E-state index contributed by atoms with van der Waals surface area (Å²) < 4.78 is 11.2. The SMILES string of the molecule is COc1cccc(Cl)c1C(=O)N1CCOC2CCN(C)CC21. The number of piperidine rings is 1. The van der Waals surface area contributed by atoms with E-state index in [0.717, 1.165) is 19.5 Å². The van der Waals surface area contributed by atoms with Crippen molar-refractivity contribution in [1.82, 2.24) is 9.80 Å². The van der Waals surface area contributed by atoms with E-state index in [1.54, 1.807) is 25.3 Å². The van der Waals surface area contributed by atoms with Crippen LogP contribution < -0.4 is 4.74 Å². The van der Waals surface area contributed by atoms with Crippen LogP contribution in [0.25, 0.3) is 0 Å². The average molecular weight is 325 g/mol. The van der Waals surface area contributed by atoms with Crippen LogP contribution in [0.15, 0.2) is 18.2 Å². The Bertz CT molecular complexity index is 566. The number of fused-ring (bicyclic) bond motifs is 1. The fourth-order valence-corrected chi connectivity index (χ4v) is 3.55. The van der Waals surface area contributed by atoms with Gasteiger partial charge in [0.05, 0.1) is 30.9 Å². The van der Waals surface area contributed by atoms with E-state index in [4.69, 9.17) is 21.1 Å². The zero-order valence-corrected chi connectivity index (χ0v) is 13.7. The Kier molecular flexibility index (Phi) is 4.57. The maximum absolute atomic E-state index is 13.0. The smallest absolute Gasteiger partial charge is 0.259 e. The van der Waals surface area contributed by atoms with Crippen LogP contribution in [0.1, 0.15) is 16.8 Å². The molecule has 0 spiro atoms. The molecule has 1 aromatic carbocycles. The zero-order valence-electron chi connectivity index (χ0n) is 12.9. The number of carbonyl (C=O) groups excluding carboxylic acids is 1. The lowest BCUT2D eigenvalue weighted by atomic mass is 9.98. The van der Waals surface area contributed by atoms with Gasteiger partial charge in [0.1, 0.15) is 11.3 Å². The summed E-state index contributed by atoms with van der Waals surface area (Å²) in [6, 6.07) is 5.35. The highest BCUT2D eigenvalue weighted by molar-refractivity contribution is 6.34. The molecular weight excluding hydrogens is 304 g/mol. The second-order valence-electron chi connectivity index (χ2n) is 5.84. The molecule has 2 fully saturated rings. The minimum atomic E-state index is -0.0731. The molecule has 2 heterocycles. The van der Waals surface area contributed by atoms with Crippen LogP contribution in [0.2, 0.25) is 5.02 Å². The Morgan fingerprint density at radius 3 is 3.00 bits per heavy atom. The lowest BCUT2D eigenvalue weighted by molar-refractivity contribution is -0.0870. The van der Waals surface area contributed by atoms with E-state index >= 15 is 0 Å². The Labute approximate surface area is 135 Å². The predicted molar refractivity (Wildman–Crippen MR) is 84.7 cm³/mol. The van der Waals surface area contributed by atoms with E-state index in [-0.39, 0.29) is 18.1 Å². The number of likely N-dealkylation sites (N-methyl/N-ethyl adjacent to an activating group) is 1. The maximum atomic E-state index is 13.0. The highest BCUT2D eigenvalue weighted by Crippen LogP contribution is 2.31. The number of amides is 1. The number of benzene rings is 1. The highest BCUT2D eigenvalue weighted by atomic mass is 35.5. The number of hydrogen-bond acceptors (Lipinski definition) is 4. The quantitative estimate of drug-likeness (QED) is 0.833. The van der Waals surface area contributed by atoms with Crippen molar-refractivity contribution >= 4 is 17.5 Å². The Hall–Kier alpha value is -1.30. The molecule has 0 bridgehead atoms. The third-order valence-corrected chi connectivity index (χ3v) is 4.77. The summed E-state index contributed by atoms with van der Waals surface area (Å²) in [5, 5.41) is 0.427. The molecule has 5 nitrogen and oxygen atoms in total. The van der Waals surface area contributed by atoms with Crippen LogP contribution in [0, 0.1) is 0 Å². The molecule has 6 heteroatoms. The molecule has 120 valence electrons. The summed E-state index contributed by atoms with van der Waals surface area (Å²) >= 11 is 6.26. The molecule has 0 radical (unpaired) electrons. The third-order valence-electron chi connectivity index (χ3n) is 4.46. The highest BCUT2D eigenvalue weighted by Gasteiger charge is 2.39. The van der Waals surface area contributed by atoms with Gasteiger partial charge >= 0.3 is 0 Å². The van der Waals surface area contributed by atoms with Crippen molar-refractivity contribution in [3.05, 3.63) is 28.8 Å². The van der Waals surface area contributed by atoms with Gasteiger partial charge in [-0.15, -0.1) is 0 Å². The first-order chi connectivity index (χ1) is 10.6. The van der Waals surface area contributed by atoms with Crippen LogP contribution in [0.4, 0.5) is 0 Å². The van der Waals surface area contributed by atoms with Gasteiger partial charge in [-0.1, -0.05) is 17.7 Å². The van der Waals surface area contributed by atoms with Crippen molar-refractivity contribution in [2.75, 3.05) is 40.4 Å². The molecule has 0 saturated carbocycles. The van der Waals surface area contributed by atoms with E-state index in [2.05, 4.69) is 11.9 Å². The standard InChI is InChI=1S/C16H21ClN2O3/c1-18-7-6-13-12(10-18)19(8-9-22-13)16(20)15-11(17)4-3-5-14(15)21-2/h3-5,12-13H,6-10H2,1-2H3. The molecule has 2 aliphatic heterocycles. The number of carbonyl (C=O) groups is 1. The van der Waals surface area contributed by atoms with E-state index in [1.165, 1.54) is 0 Å². The fourth-order valence-electron chi connectivity index (χ4n) is 3.31. The van der Waals surface area contributed by atoms with Gasteiger partial charge in [0.25, 0.3) is 5.91 Å². The first kappa shape index (κ1) is 15.6. The molecule has 3 rings (SSSR count). The van der Waals surface area contributed by atoms with Crippen LogP contribution in [0.5, 0.6) is 5.75 Å². The minimum absolute atomic E-state index is 0.0704. The number of halogens is 1. The number of methoxy groups -OCH3 is 1. The summed E-state index contributed by atoms with van der Waals surface area (Å²) in [6.07, 6.45) is 1.06. The van der Waals surface area contributed by atoms with Gasteiger partial charge < -0.3 is 19.3 Å². The van der Waals surface area contributed by atoms with Gasteiger partial charge in [-0.05, 0) is 25.6 Å². The van der Waals surface area contributed by atoms with Crippen molar-refractivity contribution < 1.29 is 14.3 Å². The molecule has 2 aliphatic rings. The topological polar surface area (TPSA) is 42.0 Å². The van der Waals surface area contributed by atoms with Gasteiger partial charge in [-0.3, -0.25) is 4.79 Å². The monoisotopic (exact) mass is 324 g/mol. The lowest BCUT2D eigenvalue weighted by Crippen LogP contribution is -2.60. The first-order valence-corrected chi connectivity index (χ1v) is 7.93. The predicted octanol–water partition coefficient (Wildman–Crippen LogP) is 1.89. The van der Waals surface area contributed by atoms with Crippen molar-refractivity contribution in [1.29, 1.82) is 0 Å². The Morgan fingerprint density at radius 1 is 1.41 bits per heavy atom. The van der Waals surface area contributed by atoms with Gasteiger partial charge in [0.2, 0.25) is 0 Å². The van der Waals surface area contributed by atoms with Crippen LogP contribution in [-0.2, 0) is 4.74 Å². The maximum Gasteiger partial charge on any atom is 0.259 e. The molecule has 0 N–H and O–H groups in total. The van der Waals surface area contributed by atoms with Gasteiger partial charge in [-0.2, -0.15) is 0 Å². The number of rotatable bonds is 2. The van der Waals surface area contributed by atoms with Crippen molar-refractivity contribution in [3.63, 3.8) is 0 Å². The van der Waals surface area contributed by atoms with Gasteiger partial charge in [-0.25, -0.2) is 0 Å². The Morgan fingerprint density at radius 2 is 2.23 bits per heavy atom. The molecule has 1 amide bonds. The van der Waals surface area contributed by atoms with E-state index < -0.39 is 0 Å². The molecule has 0 aromatic heterocycles. The number of ether oxygens (including phenoxy) is 2. The van der Waals surface area contributed by atoms with Gasteiger partial charge in [0, 0.05) is 19.6 Å². The minimum Gasteiger partial charge on any atom is -0.496 e. The van der Waals surface area contributed by atoms with Crippen LogP contribution in [-0.4, -0.2) is 68.3 Å². The summed E-state index contributed by atoms with van der Waals surface area (Å²) in [5.41, 5.74) is 0.445. The molecule has 2 unspecified atom stereocenters. The van der Waals surface area contributed by atoms with Gasteiger partial charge in [0.15, 0.2) is 0 Å². The van der Waals surface area contributed by atoms with Crippen molar-refractivity contribution in [3.8, 4) is 5.75 Å². The van der Waals surface area contributed by atoms with Crippen molar-refractivity contribution in [2.24, 2.45) is 0 Å². The van der Waals surface area contributed by atoms with E-state index in [1.807, 2.05) is 4.90 Å². The largest absolute Gasteiger partial charge is 0.496 e. The summed E-state index contributed by atoms with van der Waals surface area (Å²) in [7, 11) is 3.63. The molecule has 2 saturated heterocycles. The average Bonchev–Trinajstić information content (AvgIpc) is 2.53. The second-order valence-corrected chi connectivity index (χ2v) is 6.25. The molecule has 1 aromatic rings. The number of morpholine rings is 1. The second kappa shape index (κ2) is 6.44. The third kappa shape index (κ3) is 2.81. The molecule has 2 atom stereocenters. The van der Waals surface area contributed by atoms with E-state index in [0.29, 0.717) is 29.5 Å². The van der Waals surface area contributed by atoms with Crippen LogP contribution >= 0.6 is 11.6 Å². The zero-order chi connectivity index (χ0) is 15.7. The lowest BCUT2D eigenvalue weighted by Gasteiger charge is -2.46. The summed E-state index contributed by atoms with van der Waals surface area (Å²) in [4.78, 5) is 17.2. The number of hydrogen-bond donors (Lipinski definition) is 0. The fraction of sp³-hybridized carbons (Fsp3) is 0.562. The first-order valence-electron chi connectivity index (χ1n) is 7.55. The van der Waals surface area contributed by atoms with Crippen molar-refractivity contribution in [2.45, 2.75) is 18.6 Å². The summed E-state index contributed by atoms with van der Waals surface area (Å²) in [6.45, 7) is 2.98. The number of nitrogens with zero attached hydrogens (tertiary/aromatic N) is 2. The summed E-state index contributed by atoms with van der Waals surface area (Å²) in [5.74, 6) is 0.445. The molecular formula is C16H21ClN2O3. The van der Waals surface area contributed by atoms with Crippen LogP contribution in [0.3, 0.4) is 0 Å². The molecule has 22 heavy (non-hydrogen) atoms. The molecule has 0 aliphatic carbocycles. The van der Waals surface area contributed by atoms with E-state index in [9.17, 15) is 4.79 Å². The number of likely N-dealkylation sites (tertiary alicyclic amines) is 1. The normalized spacial score (nSPS) is 25.7.